The molecular weight excluding hydrogens is 428 g/mol. The molecule has 0 atom stereocenters. The van der Waals surface area contributed by atoms with Crippen molar-refractivity contribution in [2.45, 2.75) is 21.5 Å². The molecule has 0 aliphatic heterocycles. The summed E-state index contributed by atoms with van der Waals surface area (Å²) in [6, 6.07) is 21.4. The minimum absolute atomic E-state index is 0.283. The number of rotatable bonds is 6. The summed E-state index contributed by atoms with van der Waals surface area (Å²) < 4.78 is 25.5. The highest BCUT2D eigenvalue weighted by Gasteiger charge is 2.17. The highest BCUT2D eigenvalue weighted by Crippen LogP contribution is 2.27. The number of nitrogen functional groups attached to an aromatic ring is 1. The van der Waals surface area contributed by atoms with Crippen LogP contribution < -0.4 is 10.6 Å². The number of aromatic nitrogens is 2. The summed E-state index contributed by atoms with van der Waals surface area (Å²) in [5.74, 6) is 0.458. The summed E-state index contributed by atoms with van der Waals surface area (Å²) in [5, 5.41) is 1.46. The van der Waals surface area contributed by atoms with Crippen molar-refractivity contribution in [2.24, 2.45) is 0 Å². The Labute approximate surface area is 186 Å². The summed E-state index contributed by atoms with van der Waals surface area (Å²) in [4.78, 5) is 11.5. The van der Waals surface area contributed by atoms with E-state index in [2.05, 4.69) is 14.9 Å². The number of benzene rings is 3. The maximum Gasteiger partial charge on any atom is 0.206 e. The number of hydrogen-bond donors (Lipinski definition) is 1. The van der Waals surface area contributed by atoms with Gasteiger partial charge in [-0.15, -0.1) is 0 Å². The van der Waals surface area contributed by atoms with E-state index in [1.807, 2.05) is 43.6 Å². The molecule has 158 valence electrons. The van der Waals surface area contributed by atoms with Crippen LogP contribution in [0.5, 0.6) is 0 Å². The van der Waals surface area contributed by atoms with Gasteiger partial charge in [-0.2, -0.15) is 0 Å². The lowest BCUT2D eigenvalue weighted by molar-refractivity contribution is 0.596. The molecule has 1 aromatic heterocycles. The van der Waals surface area contributed by atoms with Crippen LogP contribution in [0.25, 0.3) is 10.9 Å². The fourth-order valence-corrected chi connectivity index (χ4v) is 4.98. The van der Waals surface area contributed by atoms with Gasteiger partial charge in [-0.05, 0) is 54.3 Å². The first-order valence-electron chi connectivity index (χ1n) is 9.60. The second kappa shape index (κ2) is 8.56. The van der Waals surface area contributed by atoms with E-state index in [4.69, 9.17) is 5.73 Å². The highest BCUT2D eigenvalue weighted by atomic mass is 32.2. The third kappa shape index (κ3) is 4.35. The number of fused-ring (bicyclic) bond motifs is 1. The first kappa shape index (κ1) is 21.1. The van der Waals surface area contributed by atoms with Crippen molar-refractivity contribution in [3.8, 4) is 0 Å². The van der Waals surface area contributed by atoms with E-state index in [1.165, 1.54) is 11.8 Å². The molecule has 4 rings (SSSR count). The standard InChI is InChI=1S/C23H22N4O2S2/c1-27(17-10-13-21-20(14-17)22(24)26-23(25-21)30-2)15-16-8-11-19(12-9-16)31(28,29)18-6-4-3-5-7-18/h3-14H,15H2,1-2H3,(H2,24,25,26). The molecule has 0 radical (unpaired) electrons. The number of nitrogens with two attached hydrogens (primary N) is 1. The van der Waals surface area contributed by atoms with Gasteiger partial charge in [0.15, 0.2) is 5.16 Å². The number of thioether (sulfide) groups is 1. The van der Waals surface area contributed by atoms with Crippen LogP contribution in [0, 0.1) is 0 Å². The lowest BCUT2D eigenvalue weighted by Crippen LogP contribution is -2.16. The zero-order valence-electron chi connectivity index (χ0n) is 17.2. The molecule has 0 unspecified atom stereocenters. The first-order valence-corrected chi connectivity index (χ1v) is 12.3. The third-order valence-electron chi connectivity index (χ3n) is 5.02. The van der Waals surface area contributed by atoms with E-state index >= 15 is 0 Å². The molecule has 31 heavy (non-hydrogen) atoms. The summed E-state index contributed by atoms with van der Waals surface area (Å²) in [6.07, 6.45) is 1.92. The Morgan fingerprint density at radius 2 is 1.61 bits per heavy atom. The van der Waals surface area contributed by atoms with Gasteiger partial charge in [-0.25, -0.2) is 18.4 Å². The number of nitrogens with zero attached hydrogens (tertiary/aromatic N) is 3. The largest absolute Gasteiger partial charge is 0.383 e. The highest BCUT2D eigenvalue weighted by molar-refractivity contribution is 7.98. The van der Waals surface area contributed by atoms with Crippen molar-refractivity contribution in [3.63, 3.8) is 0 Å². The van der Waals surface area contributed by atoms with Crippen molar-refractivity contribution >= 4 is 44.0 Å². The second-order valence-electron chi connectivity index (χ2n) is 7.11. The molecule has 6 nitrogen and oxygen atoms in total. The van der Waals surface area contributed by atoms with Crippen molar-refractivity contribution in [1.29, 1.82) is 0 Å². The van der Waals surface area contributed by atoms with Gasteiger partial charge in [0.1, 0.15) is 5.82 Å². The van der Waals surface area contributed by atoms with Crippen LogP contribution in [0.2, 0.25) is 0 Å². The predicted octanol–water partition coefficient (Wildman–Crippen LogP) is 4.40. The van der Waals surface area contributed by atoms with Crippen LogP contribution in [0.4, 0.5) is 11.5 Å². The van der Waals surface area contributed by atoms with Crippen molar-refractivity contribution < 1.29 is 8.42 Å². The Morgan fingerprint density at radius 3 is 2.29 bits per heavy atom. The molecule has 0 aliphatic rings. The minimum Gasteiger partial charge on any atom is -0.383 e. The summed E-state index contributed by atoms with van der Waals surface area (Å²) in [5.41, 5.74) is 8.90. The van der Waals surface area contributed by atoms with E-state index in [0.29, 0.717) is 22.4 Å². The van der Waals surface area contributed by atoms with Gasteiger partial charge >= 0.3 is 0 Å². The van der Waals surface area contributed by atoms with E-state index < -0.39 is 9.84 Å². The predicted molar refractivity (Wildman–Crippen MR) is 126 cm³/mol. The maximum atomic E-state index is 12.8. The Hall–Kier alpha value is -3.10. The average molecular weight is 451 g/mol. The van der Waals surface area contributed by atoms with Gasteiger partial charge in [-0.3, -0.25) is 0 Å². The summed E-state index contributed by atoms with van der Waals surface area (Å²) in [6.45, 7) is 0.612. The Kier molecular flexibility index (Phi) is 5.84. The molecule has 0 bridgehead atoms. The van der Waals surface area contributed by atoms with Crippen LogP contribution in [0.3, 0.4) is 0 Å². The van der Waals surface area contributed by atoms with Crippen molar-refractivity contribution in [3.05, 3.63) is 78.4 Å². The molecule has 1 heterocycles. The van der Waals surface area contributed by atoms with Crippen LogP contribution in [-0.4, -0.2) is 31.7 Å². The van der Waals surface area contributed by atoms with Crippen LogP contribution >= 0.6 is 11.8 Å². The van der Waals surface area contributed by atoms with Gasteiger partial charge in [0.05, 0.1) is 15.3 Å². The number of anilines is 2. The SMILES string of the molecule is CSc1nc(N)c2cc(N(C)Cc3ccc(S(=O)(=O)c4ccccc4)cc3)ccc2n1. The smallest absolute Gasteiger partial charge is 0.206 e. The molecule has 0 fully saturated rings. The molecule has 0 saturated carbocycles. The number of sulfone groups is 1. The second-order valence-corrected chi connectivity index (χ2v) is 9.84. The van der Waals surface area contributed by atoms with Crippen LogP contribution in [0.15, 0.2) is 87.7 Å². The van der Waals surface area contributed by atoms with E-state index in [1.54, 1.807) is 42.5 Å². The average Bonchev–Trinajstić information content (AvgIpc) is 2.79. The van der Waals surface area contributed by atoms with E-state index in [-0.39, 0.29) is 4.90 Å². The van der Waals surface area contributed by atoms with Crippen molar-refractivity contribution in [1.82, 2.24) is 9.97 Å². The normalized spacial score (nSPS) is 11.5. The quantitative estimate of drug-likeness (QED) is 0.344. The third-order valence-corrected chi connectivity index (χ3v) is 7.35. The molecule has 0 saturated heterocycles. The first-order chi connectivity index (χ1) is 14.9. The molecule has 0 spiro atoms. The van der Waals surface area contributed by atoms with Gasteiger partial charge < -0.3 is 10.6 Å². The monoisotopic (exact) mass is 450 g/mol. The lowest BCUT2D eigenvalue weighted by atomic mass is 10.1. The van der Waals surface area contributed by atoms with E-state index in [0.717, 1.165) is 22.2 Å². The fourth-order valence-electron chi connectivity index (χ4n) is 3.32. The molecule has 0 amide bonds. The zero-order chi connectivity index (χ0) is 22.0. The van der Waals surface area contributed by atoms with Gasteiger partial charge in [0.25, 0.3) is 0 Å². The Balaban J connectivity index is 1.55. The van der Waals surface area contributed by atoms with Gasteiger partial charge in [-0.1, -0.05) is 42.1 Å². The van der Waals surface area contributed by atoms with Gasteiger partial charge in [0, 0.05) is 24.7 Å². The van der Waals surface area contributed by atoms with E-state index in [9.17, 15) is 8.42 Å². The molecular formula is C23H22N4O2S2. The Bertz CT molecular complexity index is 1330. The summed E-state index contributed by atoms with van der Waals surface area (Å²) in [7, 11) is -1.54. The van der Waals surface area contributed by atoms with Crippen LogP contribution in [0.1, 0.15) is 5.56 Å². The fraction of sp³-hybridized carbons (Fsp3) is 0.130. The van der Waals surface area contributed by atoms with Crippen LogP contribution in [-0.2, 0) is 16.4 Å². The zero-order valence-corrected chi connectivity index (χ0v) is 18.8. The summed E-state index contributed by atoms with van der Waals surface area (Å²) >= 11 is 1.46. The minimum atomic E-state index is -3.51. The topological polar surface area (TPSA) is 89.2 Å². The number of hydrogen-bond acceptors (Lipinski definition) is 7. The molecule has 4 aromatic rings. The lowest BCUT2D eigenvalue weighted by Gasteiger charge is -2.20. The van der Waals surface area contributed by atoms with Gasteiger partial charge in [0.2, 0.25) is 9.84 Å². The molecule has 3 aromatic carbocycles. The Morgan fingerprint density at radius 1 is 0.935 bits per heavy atom. The van der Waals surface area contributed by atoms with Crippen molar-refractivity contribution in [2.75, 3.05) is 23.9 Å². The molecule has 8 heteroatoms. The molecule has 2 N–H and O–H groups in total. The molecule has 0 aliphatic carbocycles. The maximum absolute atomic E-state index is 12.8.